The second kappa shape index (κ2) is 13.3. The first-order valence-corrected chi connectivity index (χ1v) is 14.4. The van der Waals surface area contributed by atoms with Crippen molar-refractivity contribution in [2.45, 2.75) is 20.3 Å². The van der Waals surface area contributed by atoms with Gasteiger partial charge in [-0.3, -0.25) is 19.3 Å². The van der Waals surface area contributed by atoms with Crippen LogP contribution in [0.2, 0.25) is 0 Å². The van der Waals surface area contributed by atoms with Crippen LogP contribution in [0.5, 0.6) is 11.5 Å². The van der Waals surface area contributed by atoms with E-state index in [0.717, 1.165) is 45.4 Å². The van der Waals surface area contributed by atoms with E-state index >= 15 is 0 Å². The molecule has 2 saturated heterocycles. The maximum Gasteiger partial charge on any atom is 0.294 e. The van der Waals surface area contributed by atoms with E-state index in [-0.39, 0.29) is 11.4 Å². The van der Waals surface area contributed by atoms with Crippen LogP contribution in [0, 0.1) is 3.57 Å². The third-order valence-electron chi connectivity index (χ3n) is 5.79. The molecule has 0 aliphatic carbocycles. The van der Waals surface area contributed by atoms with Gasteiger partial charge in [-0.1, -0.05) is 19.1 Å². The van der Waals surface area contributed by atoms with E-state index in [4.69, 9.17) is 14.2 Å². The highest BCUT2D eigenvalue weighted by Gasteiger charge is 2.36. The molecule has 0 unspecified atom stereocenters. The van der Waals surface area contributed by atoms with E-state index in [2.05, 4.69) is 32.8 Å². The summed E-state index contributed by atoms with van der Waals surface area (Å²) < 4.78 is 17.9. The van der Waals surface area contributed by atoms with Gasteiger partial charge in [0.05, 0.1) is 46.3 Å². The number of para-hydroxylation sites is 2. The zero-order valence-corrected chi connectivity index (χ0v) is 24.3. The summed E-state index contributed by atoms with van der Waals surface area (Å²) >= 11 is 2.99. The number of hydrogen-bond acceptors (Lipinski definition) is 8. The minimum Gasteiger partial charge on any atom is -0.490 e. The van der Waals surface area contributed by atoms with Gasteiger partial charge in [-0.25, -0.2) is 0 Å². The topological polar surface area (TPSA) is 97.4 Å². The largest absolute Gasteiger partial charge is 0.490 e. The quantitative estimate of drug-likeness (QED) is 0.284. The van der Waals surface area contributed by atoms with Crippen LogP contribution in [0.25, 0.3) is 6.08 Å². The van der Waals surface area contributed by atoms with Gasteiger partial charge in [0.1, 0.15) is 6.54 Å². The monoisotopic (exact) mass is 651 g/mol. The molecule has 0 radical (unpaired) electrons. The first kappa shape index (κ1) is 28.2. The van der Waals surface area contributed by atoms with Gasteiger partial charge >= 0.3 is 0 Å². The highest BCUT2D eigenvalue weighted by Crippen LogP contribution is 2.37. The van der Waals surface area contributed by atoms with Crippen molar-refractivity contribution in [3.05, 3.63) is 50.4 Å². The Kier molecular flexibility index (Phi) is 9.91. The van der Waals surface area contributed by atoms with Crippen LogP contribution >= 0.6 is 34.4 Å². The second-order valence-electron chi connectivity index (χ2n) is 8.54. The number of nitrogens with one attached hydrogen (secondary N) is 1. The number of amides is 3. The van der Waals surface area contributed by atoms with Gasteiger partial charge in [0.25, 0.3) is 11.1 Å². The summed E-state index contributed by atoms with van der Waals surface area (Å²) in [6.45, 7) is 7.24. The van der Waals surface area contributed by atoms with Crippen LogP contribution in [-0.4, -0.2) is 68.0 Å². The van der Waals surface area contributed by atoms with Crippen LogP contribution in [0.15, 0.2) is 41.3 Å². The number of ether oxygens (including phenoxy) is 3. The lowest BCUT2D eigenvalue weighted by atomic mass is 10.2. The van der Waals surface area contributed by atoms with Gasteiger partial charge in [0.2, 0.25) is 5.91 Å². The third kappa shape index (κ3) is 6.80. The number of halogens is 1. The Bertz CT molecular complexity index is 1230. The Labute approximate surface area is 240 Å². The predicted octanol–water partition coefficient (Wildman–Crippen LogP) is 4.99. The summed E-state index contributed by atoms with van der Waals surface area (Å²) in [7, 11) is 0. The van der Waals surface area contributed by atoms with E-state index in [1.807, 2.05) is 44.2 Å². The highest BCUT2D eigenvalue weighted by atomic mass is 127. The summed E-state index contributed by atoms with van der Waals surface area (Å²) in [6.07, 6.45) is 2.51. The number of nitrogens with zero attached hydrogens (tertiary/aromatic N) is 2. The van der Waals surface area contributed by atoms with Gasteiger partial charge in [-0.15, -0.1) is 0 Å². The first-order chi connectivity index (χ1) is 18.4. The Morgan fingerprint density at radius 1 is 1.16 bits per heavy atom. The minimum atomic E-state index is -0.504. The third-order valence-corrected chi connectivity index (χ3v) is 7.49. The summed E-state index contributed by atoms with van der Waals surface area (Å²) in [5, 5.41) is 2.38. The molecule has 0 atom stereocenters. The lowest BCUT2D eigenvalue weighted by Crippen LogP contribution is -2.38. The molecule has 1 N–H and O–H groups in total. The Balaban J connectivity index is 1.47. The van der Waals surface area contributed by atoms with E-state index < -0.39 is 17.1 Å². The Morgan fingerprint density at radius 2 is 1.92 bits per heavy atom. The van der Waals surface area contributed by atoms with E-state index in [1.54, 1.807) is 12.1 Å². The van der Waals surface area contributed by atoms with Gasteiger partial charge in [0.15, 0.2) is 11.5 Å². The molecule has 2 aromatic rings. The molecule has 0 saturated carbocycles. The number of carbonyl (C=O) groups excluding carboxylic acids is 3. The molecule has 2 aromatic carbocycles. The average molecular weight is 652 g/mol. The summed E-state index contributed by atoms with van der Waals surface area (Å²) in [6, 6.07) is 11.1. The minimum absolute atomic E-state index is 0.247. The maximum absolute atomic E-state index is 13.1. The van der Waals surface area contributed by atoms with Gasteiger partial charge < -0.3 is 24.4 Å². The fourth-order valence-corrected chi connectivity index (χ4v) is 5.68. The molecule has 2 aliphatic rings. The number of morpholine rings is 1. The summed E-state index contributed by atoms with van der Waals surface area (Å²) in [5.41, 5.74) is 2.21. The van der Waals surface area contributed by atoms with Crippen molar-refractivity contribution in [2.24, 2.45) is 0 Å². The smallest absolute Gasteiger partial charge is 0.294 e. The van der Waals surface area contributed by atoms with E-state index in [1.165, 1.54) is 0 Å². The lowest BCUT2D eigenvalue weighted by Gasteiger charge is -2.30. The molecular formula is C27H30IN3O6S. The molecule has 4 rings (SSSR count). The zero-order valence-electron chi connectivity index (χ0n) is 21.3. The lowest BCUT2D eigenvalue weighted by molar-refractivity contribution is -0.127. The SMILES string of the molecule is CCCOc1c(I)cc(/C=C2\SC(=O)N(CC(=O)Nc3ccccc3N3CCOCC3)C2=O)cc1OCC. The zero-order chi connectivity index (χ0) is 27.1. The second-order valence-corrected chi connectivity index (χ2v) is 10.7. The van der Waals surface area contributed by atoms with Crippen molar-refractivity contribution < 1.29 is 28.6 Å². The molecule has 3 amide bonds. The normalized spacial score (nSPS) is 16.8. The number of carbonyl (C=O) groups is 3. The number of rotatable bonds is 10. The molecule has 0 spiro atoms. The predicted molar refractivity (Wildman–Crippen MR) is 157 cm³/mol. The number of benzene rings is 2. The van der Waals surface area contributed by atoms with Crippen LogP contribution in [0.4, 0.5) is 16.2 Å². The standard InChI is InChI=1S/C27H30IN3O6S/c1-3-11-37-25-19(28)14-18(15-22(25)36-4-2)16-23-26(33)31(27(34)38-23)17-24(32)29-20-7-5-6-8-21(20)30-9-12-35-13-10-30/h5-8,14-16H,3-4,9-13,17H2,1-2H3,(H,29,32)/b23-16-. The van der Waals surface area contributed by atoms with Crippen LogP contribution in [0.1, 0.15) is 25.8 Å². The van der Waals surface area contributed by atoms with Gasteiger partial charge in [-0.05, 0) is 83.6 Å². The van der Waals surface area contributed by atoms with Crippen molar-refractivity contribution >= 4 is 68.9 Å². The molecule has 2 fully saturated rings. The van der Waals surface area contributed by atoms with Crippen molar-refractivity contribution in [3.63, 3.8) is 0 Å². The maximum atomic E-state index is 13.1. The Hall–Kier alpha value is -2.77. The Morgan fingerprint density at radius 3 is 2.66 bits per heavy atom. The van der Waals surface area contributed by atoms with Crippen LogP contribution in [0.3, 0.4) is 0 Å². The number of hydrogen-bond donors (Lipinski definition) is 1. The molecule has 11 heteroatoms. The van der Waals surface area contributed by atoms with E-state index in [9.17, 15) is 14.4 Å². The molecule has 38 heavy (non-hydrogen) atoms. The van der Waals surface area contributed by atoms with Crippen molar-refractivity contribution in [1.82, 2.24) is 4.90 Å². The van der Waals surface area contributed by atoms with E-state index in [0.29, 0.717) is 49.2 Å². The molecular weight excluding hydrogens is 621 g/mol. The summed E-state index contributed by atoms with van der Waals surface area (Å²) in [4.78, 5) is 42.0. The number of anilines is 2. The summed E-state index contributed by atoms with van der Waals surface area (Å²) in [5.74, 6) is 0.293. The number of imide groups is 1. The number of thioether (sulfide) groups is 1. The molecule has 0 aromatic heterocycles. The molecule has 2 aliphatic heterocycles. The van der Waals surface area contributed by atoms with Crippen molar-refractivity contribution in [3.8, 4) is 11.5 Å². The van der Waals surface area contributed by atoms with Gasteiger partial charge in [0, 0.05) is 13.1 Å². The van der Waals surface area contributed by atoms with Crippen molar-refractivity contribution in [2.75, 3.05) is 56.3 Å². The van der Waals surface area contributed by atoms with Crippen LogP contribution in [-0.2, 0) is 14.3 Å². The molecule has 9 nitrogen and oxygen atoms in total. The first-order valence-electron chi connectivity index (χ1n) is 12.5. The highest BCUT2D eigenvalue weighted by molar-refractivity contribution is 14.1. The molecule has 2 heterocycles. The van der Waals surface area contributed by atoms with Gasteiger partial charge in [-0.2, -0.15) is 0 Å². The fourth-order valence-electron chi connectivity index (χ4n) is 4.06. The van der Waals surface area contributed by atoms with Crippen LogP contribution < -0.4 is 19.7 Å². The molecule has 202 valence electrons. The molecule has 0 bridgehead atoms. The van der Waals surface area contributed by atoms with Crippen molar-refractivity contribution in [1.29, 1.82) is 0 Å². The fraction of sp³-hybridized carbons (Fsp3) is 0.370. The average Bonchev–Trinajstić information content (AvgIpc) is 3.16.